The molecule has 1 aromatic heterocycles. The van der Waals surface area contributed by atoms with Crippen LogP contribution in [0, 0.1) is 6.92 Å². The molecule has 142 valence electrons. The van der Waals surface area contributed by atoms with Crippen molar-refractivity contribution in [3.63, 3.8) is 0 Å². The van der Waals surface area contributed by atoms with E-state index in [0.29, 0.717) is 24.1 Å². The first-order valence-electron chi connectivity index (χ1n) is 8.66. The molecular weight excluding hydrogens is 346 g/mol. The maximum absolute atomic E-state index is 12.6. The van der Waals surface area contributed by atoms with Gasteiger partial charge in [-0.15, -0.1) is 0 Å². The summed E-state index contributed by atoms with van der Waals surface area (Å²) in [5, 5.41) is 10.6. The predicted octanol–water partition coefficient (Wildman–Crippen LogP) is 3.52. The second kappa shape index (κ2) is 8.14. The van der Waals surface area contributed by atoms with E-state index in [0.717, 1.165) is 22.5 Å². The first-order chi connectivity index (χ1) is 13.0. The van der Waals surface area contributed by atoms with Crippen molar-refractivity contribution in [3.05, 3.63) is 59.3 Å². The van der Waals surface area contributed by atoms with Gasteiger partial charge < -0.3 is 23.9 Å². The summed E-state index contributed by atoms with van der Waals surface area (Å²) >= 11 is 0. The maximum atomic E-state index is 12.6. The molecule has 0 bridgehead atoms. The van der Waals surface area contributed by atoms with Crippen molar-refractivity contribution in [3.8, 4) is 11.5 Å². The maximum Gasteiger partial charge on any atom is 0.340 e. The van der Waals surface area contributed by atoms with Crippen LogP contribution in [0.3, 0.4) is 0 Å². The lowest BCUT2D eigenvalue weighted by molar-refractivity contribution is 0.0389. The fourth-order valence-corrected chi connectivity index (χ4v) is 3.13. The van der Waals surface area contributed by atoms with Crippen LogP contribution < -0.4 is 4.74 Å². The molecular formula is C21H23NO5. The minimum Gasteiger partial charge on any atom is -0.508 e. The molecule has 0 amide bonds. The Bertz CT molecular complexity index is 943. The third kappa shape index (κ3) is 3.90. The van der Waals surface area contributed by atoms with E-state index in [9.17, 15) is 9.90 Å². The molecule has 1 heterocycles. The molecule has 6 heteroatoms. The van der Waals surface area contributed by atoms with Crippen molar-refractivity contribution >= 4 is 16.9 Å². The molecule has 0 aliphatic heterocycles. The van der Waals surface area contributed by atoms with Gasteiger partial charge in [0, 0.05) is 30.3 Å². The average molecular weight is 369 g/mol. The first kappa shape index (κ1) is 18.8. The van der Waals surface area contributed by atoms with Crippen molar-refractivity contribution < 1.29 is 24.1 Å². The molecule has 0 radical (unpaired) electrons. The number of methoxy groups -OCH3 is 2. The van der Waals surface area contributed by atoms with Crippen molar-refractivity contribution in [2.75, 3.05) is 27.4 Å². The van der Waals surface area contributed by atoms with Crippen LogP contribution in [0.15, 0.2) is 42.5 Å². The Balaban J connectivity index is 2.01. The summed E-state index contributed by atoms with van der Waals surface area (Å²) < 4.78 is 17.5. The second-order valence-corrected chi connectivity index (χ2v) is 6.22. The van der Waals surface area contributed by atoms with Crippen LogP contribution in [-0.2, 0) is 16.0 Å². The Morgan fingerprint density at radius 1 is 1.07 bits per heavy atom. The summed E-state index contributed by atoms with van der Waals surface area (Å²) in [6.45, 7) is 2.98. The number of rotatable bonds is 7. The zero-order chi connectivity index (χ0) is 19.4. The number of carbonyl (C=O) groups excluding carboxylic acids is 1. The standard InChI is InChI=1S/C21H23NO5/c1-14-20(21(24)27-11-10-25-2)18-12-16(23)6-9-19(18)22(14)13-15-4-7-17(26-3)8-5-15/h4-9,12,23H,10-11,13H2,1-3H3. The van der Waals surface area contributed by atoms with Crippen LogP contribution in [0.1, 0.15) is 21.6 Å². The molecule has 0 aliphatic carbocycles. The van der Waals surface area contributed by atoms with E-state index in [1.165, 1.54) is 0 Å². The van der Waals surface area contributed by atoms with Crippen LogP contribution in [0.25, 0.3) is 10.9 Å². The highest BCUT2D eigenvalue weighted by molar-refractivity contribution is 6.06. The molecule has 0 saturated carbocycles. The number of hydrogen-bond donors (Lipinski definition) is 1. The molecule has 0 atom stereocenters. The van der Waals surface area contributed by atoms with Crippen LogP contribution in [0.4, 0.5) is 0 Å². The van der Waals surface area contributed by atoms with Crippen LogP contribution >= 0.6 is 0 Å². The predicted molar refractivity (Wildman–Crippen MR) is 103 cm³/mol. The Hall–Kier alpha value is -2.99. The Morgan fingerprint density at radius 2 is 1.81 bits per heavy atom. The van der Waals surface area contributed by atoms with Gasteiger partial charge in [-0.3, -0.25) is 0 Å². The highest BCUT2D eigenvalue weighted by atomic mass is 16.6. The second-order valence-electron chi connectivity index (χ2n) is 6.22. The number of carbonyl (C=O) groups is 1. The monoisotopic (exact) mass is 369 g/mol. The van der Waals surface area contributed by atoms with Crippen LogP contribution in [0.2, 0.25) is 0 Å². The van der Waals surface area contributed by atoms with Crippen molar-refractivity contribution in [1.29, 1.82) is 0 Å². The summed E-state index contributed by atoms with van der Waals surface area (Å²) in [4.78, 5) is 12.6. The van der Waals surface area contributed by atoms with Crippen molar-refractivity contribution in [2.24, 2.45) is 0 Å². The SMILES string of the molecule is COCCOC(=O)c1c(C)n(Cc2ccc(OC)cc2)c2ccc(O)cc12. The summed E-state index contributed by atoms with van der Waals surface area (Å²) in [5.41, 5.74) is 3.18. The van der Waals surface area contributed by atoms with Gasteiger partial charge in [0.2, 0.25) is 0 Å². The number of hydrogen-bond acceptors (Lipinski definition) is 5. The van der Waals surface area contributed by atoms with Gasteiger partial charge in [-0.25, -0.2) is 4.79 Å². The number of phenols is 1. The number of aromatic nitrogens is 1. The molecule has 2 aromatic carbocycles. The third-order valence-electron chi connectivity index (χ3n) is 4.53. The summed E-state index contributed by atoms with van der Waals surface area (Å²) in [7, 11) is 3.18. The van der Waals surface area contributed by atoms with Crippen LogP contribution in [-0.4, -0.2) is 43.1 Å². The minimum absolute atomic E-state index is 0.107. The molecule has 0 spiro atoms. The summed E-state index contributed by atoms with van der Waals surface area (Å²) in [6.07, 6.45) is 0. The molecule has 3 rings (SSSR count). The van der Waals surface area contributed by atoms with Gasteiger partial charge in [0.05, 0.1) is 19.3 Å². The quantitative estimate of drug-likeness (QED) is 0.510. The van der Waals surface area contributed by atoms with E-state index < -0.39 is 5.97 Å². The van der Waals surface area contributed by atoms with E-state index >= 15 is 0 Å². The number of esters is 1. The van der Waals surface area contributed by atoms with Crippen LogP contribution in [0.5, 0.6) is 11.5 Å². The van der Waals surface area contributed by atoms with E-state index in [-0.39, 0.29) is 12.4 Å². The fraction of sp³-hybridized carbons (Fsp3) is 0.286. The van der Waals surface area contributed by atoms with Crippen molar-refractivity contribution in [1.82, 2.24) is 4.57 Å². The molecule has 0 unspecified atom stereocenters. The summed E-state index contributed by atoms with van der Waals surface area (Å²) in [6, 6.07) is 12.8. The third-order valence-corrected chi connectivity index (χ3v) is 4.53. The molecule has 3 aromatic rings. The number of fused-ring (bicyclic) bond motifs is 1. The molecule has 1 N–H and O–H groups in total. The average Bonchev–Trinajstić information content (AvgIpc) is 2.93. The Morgan fingerprint density at radius 3 is 2.48 bits per heavy atom. The smallest absolute Gasteiger partial charge is 0.340 e. The first-order valence-corrected chi connectivity index (χ1v) is 8.66. The topological polar surface area (TPSA) is 69.9 Å². The van der Waals surface area contributed by atoms with E-state index in [2.05, 4.69) is 0 Å². The Labute approximate surface area is 157 Å². The lowest BCUT2D eigenvalue weighted by Crippen LogP contribution is -2.11. The zero-order valence-corrected chi connectivity index (χ0v) is 15.7. The number of nitrogens with zero attached hydrogens (tertiary/aromatic N) is 1. The van der Waals surface area contributed by atoms with E-state index in [1.54, 1.807) is 26.4 Å². The van der Waals surface area contributed by atoms with Gasteiger partial charge >= 0.3 is 5.97 Å². The summed E-state index contributed by atoms with van der Waals surface area (Å²) in [5.74, 6) is 0.476. The molecule has 0 saturated heterocycles. The van der Waals surface area contributed by atoms with E-state index in [1.807, 2.05) is 41.8 Å². The minimum atomic E-state index is -0.423. The van der Waals surface area contributed by atoms with Gasteiger partial charge in [0.1, 0.15) is 18.1 Å². The molecule has 6 nitrogen and oxygen atoms in total. The highest BCUT2D eigenvalue weighted by Gasteiger charge is 2.21. The molecule has 0 fully saturated rings. The largest absolute Gasteiger partial charge is 0.508 e. The molecule has 27 heavy (non-hydrogen) atoms. The van der Waals surface area contributed by atoms with Crippen molar-refractivity contribution in [2.45, 2.75) is 13.5 Å². The van der Waals surface area contributed by atoms with E-state index in [4.69, 9.17) is 14.2 Å². The number of benzene rings is 2. The fourth-order valence-electron chi connectivity index (χ4n) is 3.13. The van der Waals surface area contributed by atoms with Gasteiger partial charge in [0.15, 0.2) is 0 Å². The Kier molecular flexibility index (Phi) is 5.66. The zero-order valence-electron chi connectivity index (χ0n) is 15.7. The highest BCUT2D eigenvalue weighted by Crippen LogP contribution is 2.30. The molecule has 0 aliphatic rings. The normalized spacial score (nSPS) is 10.9. The van der Waals surface area contributed by atoms with Gasteiger partial charge in [-0.2, -0.15) is 0 Å². The van der Waals surface area contributed by atoms with Gasteiger partial charge in [-0.1, -0.05) is 12.1 Å². The number of phenolic OH excluding ortho intramolecular Hbond substituents is 1. The van der Waals surface area contributed by atoms with Gasteiger partial charge in [-0.05, 0) is 42.8 Å². The number of aromatic hydroxyl groups is 1. The lowest BCUT2D eigenvalue weighted by atomic mass is 10.1. The number of ether oxygens (including phenoxy) is 3. The van der Waals surface area contributed by atoms with Gasteiger partial charge in [0.25, 0.3) is 0 Å². The lowest BCUT2D eigenvalue weighted by Gasteiger charge is -2.10.